The number of aliphatic hydroxyl groups is 3. The van der Waals surface area contributed by atoms with Crippen LogP contribution in [0.5, 0.6) is 0 Å². The Balaban J connectivity index is 2.31. The molecule has 1 saturated heterocycles. The Morgan fingerprint density at radius 3 is 2.39 bits per heavy atom. The maximum atomic E-state index is 10.5. The van der Waals surface area contributed by atoms with Crippen LogP contribution >= 0.6 is 0 Å². The summed E-state index contributed by atoms with van der Waals surface area (Å²) in [4.78, 5) is 10.5. The van der Waals surface area contributed by atoms with Gasteiger partial charge in [-0.15, -0.1) is 0 Å². The number of hydrogen-bond donors (Lipinski definition) is 4. The van der Waals surface area contributed by atoms with Gasteiger partial charge in [0.2, 0.25) is 0 Å². The summed E-state index contributed by atoms with van der Waals surface area (Å²) in [6.07, 6.45) is 15.4. The van der Waals surface area contributed by atoms with E-state index in [0.717, 1.165) is 19.3 Å². The molecule has 1 aliphatic rings. The maximum Gasteiger partial charge on any atom is 0.303 e. The van der Waals surface area contributed by atoms with Crippen molar-refractivity contribution in [2.45, 2.75) is 82.4 Å². The average Bonchev–Trinajstić information content (AvgIpc) is 3.04. The first-order chi connectivity index (χ1) is 13.4. The van der Waals surface area contributed by atoms with E-state index in [-0.39, 0.29) is 12.8 Å². The van der Waals surface area contributed by atoms with E-state index in [0.29, 0.717) is 12.8 Å². The van der Waals surface area contributed by atoms with Crippen molar-refractivity contribution in [2.24, 2.45) is 0 Å². The molecule has 0 radical (unpaired) electrons. The molecular formula is C22H34O6. The largest absolute Gasteiger partial charge is 0.481 e. The Kier molecular flexibility index (Phi) is 12.4. The zero-order valence-electron chi connectivity index (χ0n) is 16.6. The number of hydrogen-bond acceptors (Lipinski definition) is 5. The van der Waals surface area contributed by atoms with Crippen LogP contribution in [0.1, 0.15) is 51.9 Å². The van der Waals surface area contributed by atoms with Crippen molar-refractivity contribution >= 4 is 5.97 Å². The van der Waals surface area contributed by atoms with Gasteiger partial charge in [-0.05, 0) is 32.1 Å². The lowest BCUT2D eigenvalue weighted by atomic mass is 10.0. The molecule has 0 amide bonds. The summed E-state index contributed by atoms with van der Waals surface area (Å²) in [5.41, 5.74) is 0. The number of carboxylic acids is 1. The number of aliphatic carboxylic acids is 1. The predicted molar refractivity (Wildman–Crippen MR) is 109 cm³/mol. The van der Waals surface area contributed by atoms with Gasteiger partial charge in [0, 0.05) is 12.8 Å². The number of rotatable bonds is 13. The quantitative estimate of drug-likeness (QED) is 0.358. The van der Waals surface area contributed by atoms with Crippen molar-refractivity contribution < 1.29 is 30.0 Å². The third-order valence-electron chi connectivity index (χ3n) is 4.45. The number of allylic oxidation sites excluding steroid dienone is 5. The molecule has 158 valence electrons. The molecule has 1 rings (SSSR count). The van der Waals surface area contributed by atoms with Crippen molar-refractivity contribution in [3.8, 4) is 0 Å². The molecule has 0 aromatic rings. The van der Waals surface area contributed by atoms with E-state index in [4.69, 9.17) is 9.84 Å². The van der Waals surface area contributed by atoms with E-state index in [9.17, 15) is 20.1 Å². The molecule has 28 heavy (non-hydrogen) atoms. The van der Waals surface area contributed by atoms with Gasteiger partial charge in [-0.3, -0.25) is 4.79 Å². The Hall–Kier alpha value is -1.73. The standard InChI is InChI=1S/C22H34O6/c1-2-3-4-5-6-7-8-9-10-11-18(24)21-16-19(25)20(28-21)14-12-17(23)13-15-22(26)27/h3-4,6-7,9-10,12,14,17-21,23-25H,2,5,8,11,13,15-16H2,1H3,(H,26,27)/b4-3-,7-6-,10-9-,14-12+/t17-,18+,19-,20-,21-/m1/s1. The normalized spacial score (nSPS) is 25.5. The van der Waals surface area contributed by atoms with Crippen LogP contribution in [0.4, 0.5) is 0 Å². The highest BCUT2D eigenvalue weighted by Crippen LogP contribution is 2.25. The molecule has 1 fully saturated rings. The molecule has 6 heteroatoms. The van der Waals surface area contributed by atoms with Gasteiger partial charge >= 0.3 is 5.97 Å². The van der Waals surface area contributed by atoms with E-state index in [1.165, 1.54) is 12.2 Å². The zero-order chi connectivity index (χ0) is 20.8. The lowest BCUT2D eigenvalue weighted by molar-refractivity contribution is -0.137. The Labute approximate surface area is 167 Å². The Morgan fingerprint density at radius 1 is 1.11 bits per heavy atom. The first kappa shape index (κ1) is 24.3. The molecule has 4 N–H and O–H groups in total. The lowest BCUT2D eigenvalue weighted by Gasteiger charge is -2.16. The van der Waals surface area contributed by atoms with Crippen LogP contribution in [0.2, 0.25) is 0 Å². The van der Waals surface area contributed by atoms with Crippen LogP contribution < -0.4 is 0 Å². The molecule has 1 aliphatic heterocycles. The third kappa shape index (κ3) is 10.6. The second-order valence-electron chi connectivity index (χ2n) is 6.92. The van der Waals surface area contributed by atoms with E-state index >= 15 is 0 Å². The van der Waals surface area contributed by atoms with E-state index in [2.05, 4.69) is 31.2 Å². The second kappa shape index (κ2) is 14.3. The molecule has 0 aromatic carbocycles. The Bertz CT molecular complexity index is 551. The monoisotopic (exact) mass is 394 g/mol. The summed E-state index contributed by atoms with van der Waals surface area (Å²) < 4.78 is 5.67. The minimum atomic E-state index is -0.968. The minimum absolute atomic E-state index is 0.106. The fraction of sp³-hybridized carbons (Fsp3) is 0.591. The lowest BCUT2D eigenvalue weighted by Crippen LogP contribution is -2.25. The molecule has 0 aliphatic carbocycles. The number of aliphatic hydroxyl groups excluding tert-OH is 3. The maximum absolute atomic E-state index is 10.5. The van der Waals surface area contributed by atoms with Crippen LogP contribution in [-0.4, -0.2) is 56.9 Å². The molecule has 0 unspecified atom stereocenters. The van der Waals surface area contributed by atoms with Crippen molar-refractivity contribution in [3.05, 3.63) is 48.6 Å². The summed E-state index contributed by atoms with van der Waals surface area (Å²) in [6, 6.07) is 0. The summed E-state index contributed by atoms with van der Waals surface area (Å²) in [6.45, 7) is 2.10. The second-order valence-corrected chi connectivity index (χ2v) is 6.92. The summed E-state index contributed by atoms with van der Waals surface area (Å²) in [5.74, 6) is -0.968. The van der Waals surface area contributed by atoms with Crippen LogP contribution in [0.15, 0.2) is 48.6 Å². The number of ether oxygens (including phenoxy) is 1. The van der Waals surface area contributed by atoms with E-state index in [1.807, 2.05) is 12.2 Å². The fourth-order valence-corrected chi connectivity index (χ4v) is 2.84. The average molecular weight is 395 g/mol. The van der Waals surface area contributed by atoms with Crippen LogP contribution in [-0.2, 0) is 9.53 Å². The van der Waals surface area contributed by atoms with Gasteiger partial charge in [0.15, 0.2) is 0 Å². The highest BCUT2D eigenvalue weighted by atomic mass is 16.5. The fourth-order valence-electron chi connectivity index (χ4n) is 2.84. The minimum Gasteiger partial charge on any atom is -0.481 e. The van der Waals surface area contributed by atoms with Gasteiger partial charge in [0.05, 0.1) is 24.4 Å². The van der Waals surface area contributed by atoms with Gasteiger partial charge in [-0.25, -0.2) is 0 Å². The summed E-state index contributed by atoms with van der Waals surface area (Å²) in [5, 5.41) is 38.6. The van der Waals surface area contributed by atoms with Crippen LogP contribution in [0.25, 0.3) is 0 Å². The van der Waals surface area contributed by atoms with Gasteiger partial charge < -0.3 is 25.2 Å². The molecule has 0 aromatic heterocycles. The van der Waals surface area contributed by atoms with Gasteiger partial charge in [0.1, 0.15) is 6.10 Å². The van der Waals surface area contributed by atoms with Gasteiger partial charge in [-0.2, -0.15) is 0 Å². The zero-order valence-corrected chi connectivity index (χ0v) is 16.6. The highest BCUT2D eigenvalue weighted by molar-refractivity contribution is 5.66. The number of carboxylic acid groups (broad SMARTS) is 1. The molecule has 6 nitrogen and oxygen atoms in total. The first-order valence-electron chi connectivity index (χ1n) is 9.98. The summed E-state index contributed by atoms with van der Waals surface area (Å²) >= 11 is 0. The van der Waals surface area contributed by atoms with Gasteiger partial charge in [0.25, 0.3) is 0 Å². The molecule has 0 spiro atoms. The SMILES string of the molecule is CC/C=C\C/C=C\C/C=C\C[C@H](O)[C@H]1C[C@@H](O)[C@@H](/C=C/[C@@H](O)CCC(=O)O)O1. The van der Waals surface area contributed by atoms with Crippen molar-refractivity contribution in [1.82, 2.24) is 0 Å². The molecular weight excluding hydrogens is 360 g/mol. The molecule has 0 bridgehead atoms. The highest BCUT2D eigenvalue weighted by Gasteiger charge is 2.35. The summed E-state index contributed by atoms with van der Waals surface area (Å²) in [7, 11) is 0. The molecule has 5 atom stereocenters. The van der Waals surface area contributed by atoms with Gasteiger partial charge in [-0.1, -0.05) is 55.5 Å². The molecule has 0 saturated carbocycles. The van der Waals surface area contributed by atoms with Crippen molar-refractivity contribution in [1.29, 1.82) is 0 Å². The Morgan fingerprint density at radius 2 is 1.75 bits per heavy atom. The predicted octanol–water partition coefficient (Wildman–Crippen LogP) is 2.90. The smallest absolute Gasteiger partial charge is 0.303 e. The number of carbonyl (C=O) groups is 1. The topological polar surface area (TPSA) is 107 Å². The first-order valence-corrected chi connectivity index (χ1v) is 9.98. The van der Waals surface area contributed by atoms with Crippen LogP contribution in [0, 0.1) is 0 Å². The van der Waals surface area contributed by atoms with E-state index < -0.39 is 36.5 Å². The van der Waals surface area contributed by atoms with Crippen LogP contribution in [0.3, 0.4) is 0 Å². The molecule has 1 heterocycles. The van der Waals surface area contributed by atoms with Crippen molar-refractivity contribution in [2.75, 3.05) is 0 Å². The van der Waals surface area contributed by atoms with E-state index in [1.54, 1.807) is 0 Å². The van der Waals surface area contributed by atoms with Crippen molar-refractivity contribution in [3.63, 3.8) is 0 Å². The third-order valence-corrected chi connectivity index (χ3v) is 4.45.